The molecule has 1 unspecified atom stereocenters. The van der Waals surface area contributed by atoms with Crippen LogP contribution in [0, 0.1) is 5.92 Å². The van der Waals surface area contributed by atoms with Crippen LogP contribution in [0.15, 0.2) is 30.3 Å². The van der Waals surface area contributed by atoms with Crippen molar-refractivity contribution in [1.29, 1.82) is 0 Å². The first-order chi connectivity index (χ1) is 13.7. The topological polar surface area (TPSA) is 81.9 Å². The number of anilines is 1. The third kappa shape index (κ3) is 5.69. The first-order valence-electron chi connectivity index (χ1n) is 10.5. The van der Waals surface area contributed by atoms with Crippen LogP contribution >= 0.6 is 0 Å². The number of benzene rings is 1. The molecule has 2 aliphatic rings. The normalized spacial score (nSPS) is 20.8. The SMILES string of the molecule is NCCNC(=O)C1CCCN(C(=O)CCN2CCN(c3ccccc3)CC2)C1. The Morgan fingerprint density at radius 3 is 2.54 bits per heavy atom. The number of rotatable bonds is 7. The molecule has 2 aliphatic heterocycles. The first kappa shape index (κ1) is 20.6. The molecule has 3 rings (SSSR count). The van der Waals surface area contributed by atoms with Crippen molar-refractivity contribution in [2.45, 2.75) is 19.3 Å². The molecule has 1 aromatic rings. The van der Waals surface area contributed by atoms with E-state index in [4.69, 9.17) is 5.73 Å². The number of nitrogens with one attached hydrogen (secondary N) is 1. The van der Waals surface area contributed by atoms with Gasteiger partial charge in [-0.25, -0.2) is 0 Å². The lowest BCUT2D eigenvalue weighted by Gasteiger charge is -2.37. The minimum Gasteiger partial charge on any atom is -0.369 e. The maximum absolute atomic E-state index is 12.6. The molecule has 2 saturated heterocycles. The number of carbonyl (C=O) groups is 2. The highest BCUT2D eigenvalue weighted by atomic mass is 16.2. The van der Waals surface area contributed by atoms with Gasteiger partial charge >= 0.3 is 0 Å². The van der Waals surface area contributed by atoms with Gasteiger partial charge in [-0.3, -0.25) is 14.5 Å². The van der Waals surface area contributed by atoms with E-state index in [-0.39, 0.29) is 17.7 Å². The van der Waals surface area contributed by atoms with Crippen molar-refractivity contribution in [2.75, 3.05) is 63.8 Å². The summed E-state index contributed by atoms with van der Waals surface area (Å²) in [5.74, 6) is 0.0977. The van der Waals surface area contributed by atoms with Crippen molar-refractivity contribution >= 4 is 17.5 Å². The molecule has 3 N–H and O–H groups in total. The number of para-hydroxylation sites is 1. The van der Waals surface area contributed by atoms with Gasteiger partial charge in [-0.1, -0.05) is 18.2 Å². The van der Waals surface area contributed by atoms with Crippen LogP contribution in [-0.4, -0.2) is 80.5 Å². The molecule has 7 nitrogen and oxygen atoms in total. The average Bonchev–Trinajstić information content (AvgIpc) is 2.77. The van der Waals surface area contributed by atoms with Gasteiger partial charge in [0.05, 0.1) is 5.92 Å². The zero-order valence-electron chi connectivity index (χ0n) is 16.7. The number of hydrogen-bond acceptors (Lipinski definition) is 5. The summed E-state index contributed by atoms with van der Waals surface area (Å²) in [6, 6.07) is 10.5. The number of nitrogens with two attached hydrogens (primary N) is 1. The molecule has 0 radical (unpaired) electrons. The Morgan fingerprint density at radius 1 is 1.07 bits per heavy atom. The highest BCUT2D eigenvalue weighted by Gasteiger charge is 2.28. The summed E-state index contributed by atoms with van der Waals surface area (Å²) in [5, 5.41) is 2.85. The minimum absolute atomic E-state index is 0.0278. The van der Waals surface area contributed by atoms with Gasteiger partial charge in [-0.05, 0) is 25.0 Å². The monoisotopic (exact) mass is 387 g/mol. The van der Waals surface area contributed by atoms with E-state index in [0.29, 0.717) is 26.1 Å². The van der Waals surface area contributed by atoms with Crippen LogP contribution in [0.5, 0.6) is 0 Å². The molecule has 0 spiro atoms. The second kappa shape index (κ2) is 10.4. The van der Waals surface area contributed by atoms with E-state index >= 15 is 0 Å². The van der Waals surface area contributed by atoms with E-state index in [1.807, 2.05) is 11.0 Å². The van der Waals surface area contributed by atoms with Crippen LogP contribution in [0.2, 0.25) is 0 Å². The molecule has 2 heterocycles. The van der Waals surface area contributed by atoms with E-state index in [9.17, 15) is 9.59 Å². The van der Waals surface area contributed by atoms with Crippen molar-refractivity contribution in [3.8, 4) is 0 Å². The van der Waals surface area contributed by atoms with Gasteiger partial charge in [0.15, 0.2) is 0 Å². The second-order valence-corrected chi connectivity index (χ2v) is 7.67. The number of likely N-dealkylation sites (tertiary alicyclic amines) is 1. The molecular weight excluding hydrogens is 354 g/mol. The summed E-state index contributed by atoms with van der Waals surface area (Å²) in [6.45, 7) is 6.98. The average molecular weight is 388 g/mol. The van der Waals surface area contributed by atoms with Crippen LogP contribution in [0.1, 0.15) is 19.3 Å². The van der Waals surface area contributed by atoms with Crippen molar-refractivity contribution in [1.82, 2.24) is 15.1 Å². The molecule has 1 atom stereocenters. The number of piperazine rings is 1. The van der Waals surface area contributed by atoms with Crippen molar-refractivity contribution in [3.05, 3.63) is 30.3 Å². The fourth-order valence-corrected chi connectivity index (χ4v) is 4.04. The molecule has 7 heteroatoms. The Hall–Kier alpha value is -2.12. The fraction of sp³-hybridized carbons (Fsp3) is 0.619. The van der Waals surface area contributed by atoms with Crippen molar-refractivity contribution in [3.63, 3.8) is 0 Å². The van der Waals surface area contributed by atoms with Gasteiger partial charge in [0, 0.05) is 71.0 Å². The summed E-state index contributed by atoms with van der Waals surface area (Å²) >= 11 is 0. The predicted molar refractivity (Wildman–Crippen MR) is 111 cm³/mol. The fourth-order valence-electron chi connectivity index (χ4n) is 4.04. The second-order valence-electron chi connectivity index (χ2n) is 7.67. The van der Waals surface area contributed by atoms with Crippen LogP contribution in [0.25, 0.3) is 0 Å². The van der Waals surface area contributed by atoms with Gasteiger partial charge in [0.25, 0.3) is 0 Å². The molecule has 2 amide bonds. The van der Waals surface area contributed by atoms with Crippen molar-refractivity contribution in [2.24, 2.45) is 11.7 Å². The lowest BCUT2D eigenvalue weighted by molar-refractivity contribution is -0.136. The van der Waals surface area contributed by atoms with Crippen molar-refractivity contribution < 1.29 is 9.59 Å². The van der Waals surface area contributed by atoms with Gasteiger partial charge in [-0.2, -0.15) is 0 Å². The summed E-state index contributed by atoms with van der Waals surface area (Å²) < 4.78 is 0. The maximum atomic E-state index is 12.6. The third-order valence-corrected chi connectivity index (χ3v) is 5.72. The Morgan fingerprint density at radius 2 is 1.82 bits per heavy atom. The first-order valence-corrected chi connectivity index (χ1v) is 10.5. The number of amides is 2. The molecule has 0 aliphatic carbocycles. The quantitative estimate of drug-likeness (QED) is 0.713. The van der Waals surface area contributed by atoms with Gasteiger partial charge in [-0.15, -0.1) is 0 Å². The number of hydrogen-bond donors (Lipinski definition) is 2. The summed E-state index contributed by atoms with van der Waals surface area (Å²) in [4.78, 5) is 31.4. The van der Waals surface area contributed by atoms with Crippen LogP contribution in [-0.2, 0) is 9.59 Å². The number of piperidine rings is 1. The molecular formula is C21H33N5O2. The van der Waals surface area contributed by atoms with Gasteiger partial charge in [0.2, 0.25) is 11.8 Å². The number of carbonyl (C=O) groups excluding carboxylic acids is 2. The van der Waals surface area contributed by atoms with E-state index < -0.39 is 0 Å². The standard InChI is InChI=1S/C21H33N5O2/c22-9-10-23-21(28)18-5-4-11-26(17-18)20(27)8-12-24-13-15-25(16-14-24)19-6-2-1-3-7-19/h1-3,6-7,18H,4-5,8-17,22H2,(H,23,28). The van der Waals surface area contributed by atoms with Crippen LogP contribution in [0.4, 0.5) is 5.69 Å². The maximum Gasteiger partial charge on any atom is 0.224 e. The summed E-state index contributed by atoms with van der Waals surface area (Å²) in [6.07, 6.45) is 2.27. The van der Waals surface area contributed by atoms with E-state index in [1.54, 1.807) is 0 Å². The molecule has 0 saturated carbocycles. The molecule has 0 bridgehead atoms. The van der Waals surface area contributed by atoms with Gasteiger partial charge < -0.3 is 20.9 Å². The molecule has 154 valence electrons. The zero-order chi connectivity index (χ0) is 19.8. The van der Waals surface area contributed by atoms with Crippen LogP contribution < -0.4 is 16.0 Å². The van der Waals surface area contributed by atoms with E-state index in [1.165, 1.54) is 5.69 Å². The van der Waals surface area contributed by atoms with E-state index in [0.717, 1.165) is 52.1 Å². The lowest BCUT2D eigenvalue weighted by Crippen LogP contribution is -2.49. The Balaban J connectivity index is 1.39. The molecule has 0 aromatic heterocycles. The molecule has 2 fully saturated rings. The minimum atomic E-state index is -0.0985. The predicted octanol–water partition coefficient (Wildman–Crippen LogP) is 0.512. The zero-order valence-corrected chi connectivity index (χ0v) is 16.7. The Labute approximate surface area is 167 Å². The highest BCUT2D eigenvalue weighted by molar-refractivity contribution is 5.81. The highest BCUT2D eigenvalue weighted by Crippen LogP contribution is 2.18. The smallest absolute Gasteiger partial charge is 0.224 e. The van der Waals surface area contributed by atoms with Crippen LogP contribution in [0.3, 0.4) is 0 Å². The summed E-state index contributed by atoms with van der Waals surface area (Å²) in [7, 11) is 0. The largest absolute Gasteiger partial charge is 0.369 e. The molecule has 1 aromatic carbocycles. The van der Waals surface area contributed by atoms with E-state index in [2.05, 4.69) is 39.4 Å². The Kier molecular flexibility index (Phi) is 7.68. The third-order valence-electron chi connectivity index (χ3n) is 5.72. The summed E-state index contributed by atoms with van der Waals surface area (Å²) in [5.41, 5.74) is 6.72. The lowest BCUT2D eigenvalue weighted by atomic mass is 9.97. The van der Waals surface area contributed by atoms with Gasteiger partial charge in [0.1, 0.15) is 0 Å². The molecule has 28 heavy (non-hydrogen) atoms. The Bertz CT molecular complexity index is 631. The number of nitrogens with zero attached hydrogens (tertiary/aromatic N) is 3.